The molecule has 0 fully saturated rings. The van der Waals surface area contributed by atoms with Gasteiger partial charge in [0.05, 0.1) is 11.6 Å². The Morgan fingerprint density at radius 3 is 2.67 bits per heavy atom. The van der Waals surface area contributed by atoms with Crippen molar-refractivity contribution in [1.29, 1.82) is 0 Å². The molecule has 54 valence electrons. The first-order valence-electron chi connectivity index (χ1n) is 2.82. The van der Waals surface area contributed by atoms with E-state index >= 15 is 0 Å². The summed E-state index contributed by atoms with van der Waals surface area (Å²) in [5.41, 5.74) is 0. The molecule has 0 heterocycles. The SMILES string of the molecule is OC=CC(Cl)CCCCl. The zero-order valence-corrected chi connectivity index (χ0v) is 6.57. The summed E-state index contributed by atoms with van der Waals surface area (Å²) in [7, 11) is 0. The highest BCUT2D eigenvalue weighted by Crippen LogP contribution is 2.06. The second-order valence-electron chi connectivity index (χ2n) is 1.69. The van der Waals surface area contributed by atoms with Crippen LogP contribution in [0.5, 0.6) is 0 Å². The summed E-state index contributed by atoms with van der Waals surface area (Å²) >= 11 is 11.1. The van der Waals surface area contributed by atoms with Gasteiger partial charge in [-0.3, -0.25) is 0 Å². The Balaban J connectivity index is 3.15. The van der Waals surface area contributed by atoms with Gasteiger partial charge in [-0.15, -0.1) is 23.2 Å². The summed E-state index contributed by atoms with van der Waals surface area (Å²) in [4.78, 5) is 0. The Kier molecular flexibility index (Phi) is 6.33. The van der Waals surface area contributed by atoms with Crippen molar-refractivity contribution in [2.75, 3.05) is 5.88 Å². The highest BCUT2D eigenvalue weighted by Gasteiger charge is 1.96. The van der Waals surface area contributed by atoms with Crippen molar-refractivity contribution in [3.05, 3.63) is 12.3 Å². The molecule has 0 rings (SSSR count). The summed E-state index contributed by atoms with van der Waals surface area (Å²) < 4.78 is 0. The Morgan fingerprint density at radius 1 is 1.56 bits per heavy atom. The van der Waals surface area contributed by atoms with E-state index in [1.54, 1.807) is 0 Å². The van der Waals surface area contributed by atoms with Crippen molar-refractivity contribution < 1.29 is 5.11 Å². The quantitative estimate of drug-likeness (QED) is 0.506. The van der Waals surface area contributed by atoms with Gasteiger partial charge in [0, 0.05) is 5.88 Å². The predicted molar refractivity (Wildman–Crippen MR) is 41.4 cm³/mol. The van der Waals surface area contributed by atoms with E-state index < -0.39 is 0 Å². The van der Waals surface area contributed by atoms with Crippen LogP contribution in [0.1, 0.15) is 12.8 Å². The van der Waals surface area contributed by atoms with Crippen LogP contribution in [-0.4, -0.2) is 16.4 Å². The first-order chi connectivity index (χ1) is 4.31. The largest absolute Gasteiger partial charge is 0.516 e. The first kappa shape index (κ1) is 9.12. The lowest BCUT2D eigenvalue weighted by Gasteiger charge is -1.98. The zero-order chi connectivity index (χ0) is 7.11. The molecule has 1 unspecified atom stereocenters. The number of aliphatic hydroxyl groups is 1. The van der Waals surface area contributed by atoms with Gasteiger partial charge in [0.2, 0.25) is 0 Å². The van der Waals surface area contributed by atoms with E-state index in [1.807, 2.05) is 0 Å². The summed E-state index contributed by atoms with van der Waals surface area (Å²) in [6, 6.07) is 0. The van der Waals surface area contributed by atoms with E-state index in [0.717, 1.165) is 19.1 Å². The van der Waals surface area contributed by atoms with Gasteiger partial charge >= 0.3 is 0 Å². The number of allylic oxidation sites excluding steroid dienone is 1. The summed E-state index contributed by atoms with van der Waals surface area (Å²) in [6.45, 7) is 0. The maximum atomic E-state index is 8.24. The molecule has 0 aliphatic carbocycles. The Morgan fingerprint density at radius 2 is 2.22 bits per heavy atom. The zero-order valence-electron chi connectivity index (χ0n) is 5.06. The lowest BCUT2D eigenvalue weighted by atomic mass is 10.2. The highest BCUT2D eigenvalue weighted by atomic mass is 35.5. The van der Waals surface area contributed by atoms with Gasteiger partial charge in [0.1, 0.15) is 0 Å². The minimum atomic E-state index is -0.0752. The number of hydrogen-bond acceptors (Lipinski definition) is 1. The van der Waals surface area contributed by atoms with E-state index in [1.165, 1.54) is 6.08 Å². The number of halogens is 2. The van der Waals surface area contributed by atoms with Crippen LogP contribution in [-0.2, 0) is 0 Å². The van der Waals surface area contributed by atoms with E-state index in [2.05, 4.69) is 0 Å². The molecule has 0 aromatic heterocycles. The van der Waals surface area contributed by atoms with E-state index in [-0.39, 0.29) is 5.38 Å². The summed E-state index contributed by atoms with van der Waals surface area (Å²) in [5.74, 6) is 0.627. The fourth-order valence-corrected chi connectivity index (χ4v) is 0.835. The van der Waals surface area contributed by atoms with Gasteiger partial charge in [0.15, 0.2) is 0 Å². The van der Waals surface area contributed by atoms with Crippen LogP contribution in [0.4, 0.5) is 0 Å². The smallest absolute Gasteiger partial charge is 0.0766 e. The van der Waals surface area contributed by atoms with Gasteiger partial charge in [-0.25, -0.2) is 0 Å². The molecule has 9 heavy (non-hydrogen) atoms. The lowest BCUT2D eigenvalue weighted by molar-refractivity contribution is 0.470. The molecule has 0 amide bonds. The predicted octanol–water partition coefficient (Wildman–Crippen LogP) is 2.68. The Bertz CT molecular complexity index is 83.1. The number of aliphatic hydroxyl groups excluding tert-OH is 1. The van der Waals surface area contributed by atoms with Gasteiger partial charge < -0.3 is 5.11 Å². The molecular formula is C6H10Cl2O. The van der Waals surface area contributed by atoms with Gasteiger partial charge in [-0.05, 0) is 18.9 Å². The van der Waals surface area contributed by atoms with Crippen molar-refractivity contribution in [3.63, 3.8) is 0 Å². The molecule has 0 saturated carbocycles. The fraction of sp³-hybridized carbons (Fsp3) is 0.667. The van der Waals surface area contributed by atoms with Crippen molar-refractivity contribution in [1.82, 2.24) is 0 Å². The molecule has 3 heteroatoms. The molecule has 0 radical (unpaired) electrons. The molecule has 1 atom stereocenters. The molecule has 0 saturated heterocycles. The molecule has 0 spiro atoms. The van der Waals surface area contributed by atoms with Crippen LogP contribution in [0.25, 0.3) is 0 Å². The van der Waals surface area contributed by atoms with Crippen LogP contribution < -0.4 is 0 Å². The molecule has 0 aliphatic heterocycles. The third-order valence-corrected chi connectivity index (χ3v) is 1.54. The van der Waals surface area contributed by atoms with Gasteiger partial charge in [-0.2, -0.15) is 0 Å². The topological polar surface area (TPSA) is 20.2 Å². The monoisotopic (exact) mass is 168 g/mol. The van der Waals surface area contributed by atoms with Crippen molar-refractivity contribution in [3.8, 4) is 0 Å². The van der Waals surface area contributed by atoms with Crippen LogP contribution in [0, 0.1) is 0 Å². The minimum Gasteiger partial charge on any atom is -0.516 e. The number of hydrogen-bond donors (Lipinski definition) is 1. The Hall–Kier alpha value is 0.120. The first-order valence-corrected chi connectivity index (χ1v) is 3.79. The number of rotatable bonds is 4. The standard InChI is InChI=1S/C6H10Cl2O/c7-4-1-2-6(8)3-5-9/h3,5-6,9H,1-2,4H2. The van der Waals surface area contributed by atoms with Crippen molar-refractivity contribution >= 4 is 23.2 Å². The third-order valence-electron chi connectivity index (χ3n) is 0.908. The average molecular weight is 169 g/mol. The van der Waals surface area contributed by atoms with Crippen molar-refractivity contribution in [2.45, 2.75) is 18.2 Å². The fourth-order valence-electron chi connectivity index (χ4n) is 0.462. The molecule has 1 N–H and O–H groups in total. The second kappa shape index (κ2) is 6.24. The summed E-state index contributed by atoms with van der Waals surface area (Å²) in [6.07, 6.45) is 4.21. The van der Waals surface area contributed by atoms with Crippen LogP contribution >= 0.6 is 23.2 Å². The second-order valence-corrected chi connectivity index (χ2v) is 2.63. The van der Waals surface area contributed by atoms with Gasteiger partial charge in [-0.1, -0.05) is 0 Å². The van der Waals surface area contributed by atoms with E-state index in [0.29, 0.717) is 5.88 Å². The van der Waals surface area contributed by atoms with Crippen LogP contribution in [0.15, 0.2) is 12.3 Å². The molecule has 0 aliphatic rings. The lowest BCUT2D eigenvalue weighted by Crippen LogP contribution is -1.92. The molecular weight excluding hydrogens is 159 g/mol. The average Bonchev–Trinajstić information content (AvgIpc) is 1.85. The van der Waals surface area contributed by atoms with Crippen molar-refractivity contribution in [2.24, 2.45) is 0 Å². The van der Waals surface area contributed by atoms with E-state index in [4.69, 9.17) is 28.3 Å². The molecule has 0 bridgehead atoms. The molecule has 0 aromatic rings. The Labute approximate surface area is 65.3 Å². The van der Waals surface area contributed by atoms with Crippen LogP contribution in [0.2, 0.25) is 0 Å². The maximum Gasteiger partial charge on any atom is 0.0766 e. The third kappa shape index (κ3) is 6.00. The maximum absolute atomic E-state index is 8.24. The summed E-state index contributed by atoms with van der Waals surface area (Å²) in [5, 5.41) is 8.16. The number of alkyl halides is 2. The molecule has 0 aromatic carbocycles. The normalized spacial score (nSPS) is 14.4. The highest BCUT2D eigenvalue weighted by molar-refractivity contribution is 6.21. The van der Waals surface area contributed by atoms with Crippen LogP contribution in [0.3, 0.4) is 0 Å². The van der Waals surface area contributed by atoms with E-state index in [9.17, 15) is 0 Å². The van der Waals surface area contributed by atoms with Gasteiger partial charge in [0.25, 0.3) is 0 Å². The minimum absolute atomic E-state index is 0.0752. The molecule has 1 nitrogen and oxygen atoms in total.